The van der Waals surface area contributed by atoms with Crippen LogP contribution < -0.4 is 4.72 Å². The molecule has 0 aliphatic heterocycles. The lowest BCUT2D eigenvalue weighted by atomic mass is 10.0. The van der Waals surface area contributed by atoms with E-state index < -0.39 is 20.0 Å². The standard InChI is InChI=1S/C27H21FN2O4S2/c28-24-15-13-21(14-16-24)22-9-6-7-20(17-22)19-29-35(31,32)27-18-23-8-4-5-12-26(23)30(27)36(33,34)25-10-2-1-3-11-25/h1-18,29H,19H2. The van der Waals surface area contributed by atoms with Crippen LogP contribution in [0.5, 0.6) is 0 Å². The van der Waals surface area contributed by atoms with Gasteiger partial charge in [0, 0.05) is 11.9 Å². The first-order chi connectivity index (χ1) is 17.3. The van der Waals surface area contributed by atoms with Crippen LogP contribution in [0.15, 0.2) is 119 Å². The van der Waals surface area contributed by atoms with Crippen molar-refractivity contribution in [1.82, 2.24) is 8.69 Å². The van der Waals surface area contributed by atoms with Crippen molar-refractivity contribution >= 4 is 30.9 Å². The molecule has 0 bridgehead atoms. The van der Waals surface area contributed by atoms with E-state index in [2.05, 4.69) is 4.72 Å². The maximum Gasteiger partial charge on any atom is 0.269 e. The zero-order chi connectivity index (χ0) is 25.3. The minimum Gasteiger partial charge on any atom is -0.221 e. The maximum absolute atomic E-state index is 13.5. The molecular weight excluding hydrogens is 499 g/mol. The van der Waals surface area contributed by atoms with Crippen molar-refractivity contribution in [3.8, 4) is 11.1 Å². The Morgan fingerprint density at radius 3 is 2.14 bits per heavy atom. The van der Waals surface area contributed by atoms with Crippen LogP contribution in [0.1, 0.15) is 5.56 Å². The molecule has 0 unspecified atom stereocenters. The van der Waals surface area contributed by atoms with E-state index in [9.17, 15) is 21.2 Å². The Morgan fingerprint density at radius 2 is 1.39 bits per heavy atom. The number of aromatic nitrogens is 1. The number of hydrogen-bond donors (Lipinski definition) is 1. The van der Waals surface area contributed by atoms with Crippen LogP contribution in [0.4, 0.5) is 4.39 Å². The smallest absolute Gasteiger partial charge is 0.221 e. The lowest BCUT2D eigenvalue weighted by molar-refractivity contribution is 0.565. The number of hydrogen-bond acceptors (Lipinski definition) is 4. The highest BCUT2D eigenvalue weighted by atomic mass is 32.2. The van der Waals surface area contributed by atoms with Gasteiger partial charge in [-0.1, -0.05) is 66.7 Å². The SMILES string of the molecule is O=S(=O)(NCc1cccc(-c2ccc(F)cc2)c1)c1cc2ccccc2n1S(=O)(=O)c1ccccc1. The third-order valence-corrected chi connectivity index (χ3v) is 9.00. The predicted octanol–water partition coefficient (Wildman–Crippen LogP) is 5.16. The zero-order valence-electron chi connectivity index (χ0n) is 18.9. The van der Waals surface area contributed by atoms with Gasteiger partial charge in [-0.05, 0) is 59.2 Å². The van der Waals surface area contributed by atoms with Gasteiger partial charge in [-0.25, -0.2) is 29.9 Å². The molecule has 9 heteroatoms. The second kappa shape index (κ2) is 9.34. The van der Waals surface area contributed by atoms with Crippen molar-refractivity contribution in [2.75, 3.05) is 0 Å². The molecule has 0 saturated carbocycles. The van der Waals surface area contributed by atoms with Gasteiger partial charge in [-0.2, -0.15) is 0 Å². The number of halogens is 1. The summed E-state index contributed by atoms with van der Waals surface area (Å²) in [6, 6.07) is 28.8. The Kier molecular flexibility index (Phi) is 6.21. The van der Waals surface area contributed by atoms with Gasteiger partial charge in [0.2, 0.25) is 0 Å². The van der Waals surface area contributed by atoms with Crippen LogP contribution in [0.25, 0.3) is 22.0 Å². The maximum atomic E-state index is 13.5. The van der Waals surface area contributed by atoms with E-state index >= 15 is 0 Å². The molecule has 1 N–H and O–H groups in total. The molecule has 0 saturated heterocycles. The summed E-state index contributed by atoms with van der Waals surface area (Å²) in [6.45, 7) is -0.0652. The van der Waals surface area contributed by atoms with Gasteiger partial charge >= 0.3 is 0 Å². The number of para-hydroxylation sites is 1. The van der Waals surface area contributed by atoms with Crippen LogP contribution >= 0.6 is 0 Å². The summed E-state index contributed by atoms with van der Waals surface area (Å²) in [5, 5.41) is 0.109. The van der Waals surface area contributed by atoms with E-state index in [1.54, 1.807) is 72.8 Å². The molecule has 36 heavy (non-hydrogen) atoms. The summed E-state index contributed by atoms with van der Waals surface area (Å²) in [4.78, 5) is -0.0187. The van der Waals surface area contributed by atoms with Crippen molar-refractivity contribution in [3.63, 3.8) is 0 Å². The second-order valence-corrected chi connectivity index (χ2v) is 11.7. The molecule has 0 aliphatic rings. The van der Waals surface area contributed by atoms with E-state index in [1.807, 2.05) is 6.07 Å². The van der Waals surface area contributed by atoms with E-state index in [-0.39, 0.29) is 27.8 Å². The third kappa shape index (κ3) is 4.56. The molecule has 182 valence electrons. The highest BCUT2D eigenvalue weighted by molar-refractivity contribution is 7.92. The molecule has 0 radical (unpaired) electrons. The molecule has 0 amide bonds. The molecule has 0 fully saturated rings. The Hall–Kier alpha value is -3.79. The van der Waals surface area contributed by atoms with Gasteiger partial charge < -0.3 is 0 Å². The lowest BCUT2D eigenvalue weighted by Crippen LogP contribution is -2.27. The minimum atomic E-state index is -4.24. The molecule has 6 nitrogen and oxygen atoms in total. The minimum absolute atomic E-state index is 0.0187. The van der Waals surface area contributed by atoms with Crippen molar-refractivity contribution < 1.29 is 21.2 Å². The van der Waals surface area contributed by atoms with E-state index in [4.69, 9.17) is 0 Å². The highest BCUT2D eigenvalue weighted by Gasteiger charge is 2.29. The fraction of sp³-hybridized carbons (Fsp3) is 0.0370. The first-order valence-corrected chi connectivity index (χ1v) is 13.9. The monoisotopic (exact) mass is 520 g/mol. The Bertz CT molecular complexity index is 1760. The van der Waals surface area contributed by atoms with Crippen molar-refractivity contribution in [3.05, 3.63) is 121 Å². The van der Waals surface area contributed by atoms with Gasteiger partial charge in [-0.3, -0.25) is 0 Å². The van der Waals surface area contributed by atoms with Gasteiger partial charge in [0.25, 0.3) is 20.0 Å². The number of benzene rings is 4. The number of nitrogens with zero attached hydrogens (tertiary/aromatic N) is 1. The molecule has 1 heterocycles. The van der Waals surface area contributed by atoms with E-state index in [1.165, 1.54) is 30.3 Å². The number of nitrogens with one attached hydrogen (secondary N) is 1. The molecule has 5 rings (SSSR count). The van der Waals surface area contributed by atoms with Crippen LogP contribution in [0.2, 0.25) is 0 Å². The van der Waals surface area contributed by atoms with Gasteiger partial charge in [0.15, 0.2) is 5.03 Å². The summed E-state index contributed by atoms with van der Waals surface area (Å²) in [5.74, 6) is -0.344. The Labute approximate surface area is 208 Å². The molecule has 1 aromatic heterocycles. The summed E-state index contributed by atoms with van der Waals surface area (Å²) in [5.41, 5.74) is 2.51. The molecular formula is C27H21FN2O4S2. The topological polar surface area (TPSA) is 85.2 Å². The first kappa shape index (κ1) is 23.9. The average Bonchev–Trinajstić information content (AvgIpc) is 3.30. The van der Waals surface area contributed by atoms with Crippen molar-refractivity contribution in [2.45, 2.75) is 16.5 Å². The number of rotatable bonds is 7. The predicted molar refractivity (Wildman–Crippen MR) is 137 cm³/mol. The lowest BCUT2D eigenvalue weighted by Gasteiger charge is -2.13. The second-order valence-electron chi connectivity index (χ2n) is 8.16. The van der Waals surface area contributed by atoms with E-state index in [0.717, 1.165) is 15.1 Å². The summed E-state index contributed by atoms with van der Waals surface area (Å²) < 4.78 is 70.6. The largest absolute Gasteiger partial charge is 0.269 e. The fourth-order valence-electron chi connectivity index (χ4n) is 3.99. The summed E-state index contributed by atoms with van der Waals surface area (Å²) >= 11 is 0. The Morgan fingerprint density at radius 1 is 0.694 bits per heavy atom. The quantitative estimate of drug-likeness (QED) is 0.321. The zero-order valence-corrected chi connectivity index (χ0v) is 20.5. The van der Waals surface area contributed by atoms with Crippen molar-refractivity contribution in [1.29, 1.82) is 0 Å². The fourth-order valence-corrected chi connectivity index (χ4v) is 7.11. The van der Waals surface area contributed by atoms with E-state index in [0.29, 0.717) is 10.9 Å². The molecule has 5 aromatic rings. The van der Waals surface area contributed by atoms with Crippen LogP contribution in [0.3, 0.4) is 0 Å². The molecule has 0 atom stereocenters. The molecule has 4 aromatic carbocycles. The van der Waals surface area contributed by atoms with Gasteiger partial charge in [-0.15, -0.1) is 0 Å². The highest BCUT2D eigenvalue weighted by Crippen LogP contribution is 2.29. The van der Waals surface area contributed by atoms with Crippen LogP contribution in [-0.4, -0.2) is 20.8 Å². The third-order valence-electron chi connectivity index (χ3n) is 5.76. The van der Waals surface area contributed by atoms with Gasteiger partial charge in [0.05, 0.1) is 10.4 Å². The first-order valence-electron chi connectivity index (χ1n) is 11.0. The Balaban J connectivity index is 1.51. The summed E-state index contributed by atoms with van der Waals surface area (Å²) in [6.07, 6.45) is 0. The van der Waals surface area contributed by atoms with Crippen LogP contribution in [-0.2, 0) is 26.6 Å². The summed E-state index contributed by atoms with van der Waals surface area (Å²) in [7, 11) is -8.44. The van der Waals surface area contributed by atoms with Crippen molar-refractivity contribution in [2.24, 2.45) is 0 Å². The van der Waals surface area contributed by atoms with Crippen LogP contribution in [0, 0.1) is 5.82 Å². The number of sulfonamides is 1. The molecule has 0 spiro atoms. The van der Waals surface area contributed by atoms with Gasteiger partial charge in [0.1, 0.15) is 5.82 Å². The normalized spacial score (nSPS) is 12.1. The average molecular weight is 521 g/mol. The molecule has 0 aliphatic carbocycles. The number of fused-ring (bicyclic) bond motifs is 1.